The van der Waals surface area contributed by atoms with Crippen LogP contribution in [0.25, 0.3) is 0 Å². The van der Waals surface area contributed by atoms with Crippen molar-refractivity contribution in [3.05, 3.63) is 16.3 Å². The summed E-state index contributed by atoms with van der Waals surface area (Å²) in [7, 11) is 0. The second kappa shape index (κ2) is 3.62. The van der Waals surface area contributed by atoms with E-state index in [0.717, 1.165) is 6.54 Å². The quantitative estimate of drug-likeness (QED) is 0.707. The van der Waals surface area contributed by atoms with Crippen LogP contribution in [0.3, 0.4) is 0 Å². The van der Waals surface area contributed by atoms with E-state index < -0.39 is 0 Å². The molecule has 0 amide bonds. The molecule has 0 saturated carbocycles. The summed E-state index contributed by atoms with van der Waals surface area (Å²) in [5, 5.41) is 5.47. The fourth-order valence-corrected chi connectivity index (χ4v) is 1.50. The van der Waals surface area contributed by atoms with E-state index in [4.69, 9.17) is 0 Å². The summed E-state index contributed by atoms with van der Waals surface area (Å²) in [5.74, 6) is 0. The van der Waals surface area contributed by atoms with Gasteiger partial charge in [-0.05, 0) is 24.8 Å². The average Bonchev–Trinajstić information content (AvgIpc) is 2.31. The SMILES string of the molecule is CCCNc1ccsc1C. The number of thiophene rings is 1. The van der Waals surface area contributed by atoms with Crippen molar-refractivity contribution in [2.24, 2.45) is 0 Å². The van der Waals surface area contributed by atoms with E-state index in [1.54, 1.807) is 11.3 Å². The van der Waals surface area contributed by atoms with Crippen LogP contribution in [-0.4, -0.2) is 6.54 Å². The Kier molecular flexibility index (Phi) is 2.75. The summed E-state index contributed by atoms with van der Waals surface area (Å²) >= 11 is 1.79. The van der Waals surface area contributed by atoms with Crippen LogP contribution < -0.4 is 5.32 Å². The van der Waals surface area contributed by atoms with Crippen molar-refractivity contribution < 1.29 is 0 Å². The van der Waals surface area contributed by atoms with Gasteiger partial charge in [-0.15, -0.1) is 11.3 Å². The maximum absolute atomic E-state index is 3.35. The Bertz CT molecular complexity index is 193. The molecule has 1 heterocycles. The Hall–Kier alpha value is -0.500. The first-order valence-corrected chi connectivity index (χ1v) is 4.50. The van der Waals surface area contributed by atoms with Crippen molar-refractivity contribution in [2.75, 3.05) is 11.9 Å². The molecule has 2 heteroatoms. The van der Waals surface area contributed by atoms with Crippen LogP contribution in [0.4, 0.5) is 5.69 Å². The highest BCUT2D eigenvalue weighted by Gasteiger charge is 1.94. The normalized spacial score (nSPS) is 9.80. The summed E-state index contributed by atoms with van der Waals surface area (Å²) in [6, 6.07) is 2.13. The van der Waals surface area contributed by atoms with Crippen molar-refractivity contribution in [3.63, 3.8) is 0 Å². The Morgan fingerprint density at radius 3 is 2.90 bits per heavy atom. The van der Waals surface area contributed by atoms with Gasteiger partial charge in [-0.3, -0.25) is 0 Å². The van der Waals surface area contributed by atoms with E-state index in [1.807, 2.05) is 0 Å². The third-order valence-corrected chi connectivity index (χ3v) is 2.27. The van der Waals surface area contributed by atoms with Crippen LogP contribution in [-0.2, 0) is 0 Å². The Morgan fingerprint density at radius 1 is 1.60 bits per heavy atom. The number of rotatable bonds is 3. The molecule has 0 aliphatic carbocycles. The minimum atomic E-state index is 1.08. The number of hydrogen-bond donors (Lipinski definition) is 1. The van der Waals surface area contributed by atoms with Gasteiger partial charge in [-0.1, -0.05) is 6.92 Å². The lowest BCUT2D eigenvalue weighted by Crippen LogP contribution is -1.98. The van der Waals surface area contributed by atoms with Crippen LogP contribution >= 0.6 is 11.3 Å². The molecule has 0 fully saturated rings. The van der Waals surface area contributed by atoms with E-state index >= 15 is 0 Å². The maximum atomic E-state index is 3.35. The van der Waals surface area contributed by atoms with E-state index in [-0.39, 0.29) is 0 Å². The molecular formula is C8H13NS. The van der Waals surface area contributed by atoms with Gasteiger partial charge in [0.15, 0.2) is 0 Å². The molecule has 56 valence electrons. The number of anilines is 1. The van der Waals surface area contributed by atoms with Crippen LogP contribution in [0.1, 0.15) is 18.2 Å². The smallest absolute Gasteiger partial charge is 0.0478 e. The summed E-state index contributed by atoms with van der Waals surface area (Å²) in [6.45, 7) is 5.40. The van der Waals surface area contributed by atoms with Crippen molar-refractivity contribution >= 4 is 17.0 Å². The van der Waals surface area contributed by atoms with Gasteiger partial charge in [-0.25, -0.2) is 0 Å². The molecule has 0 atom stereocenters. The molecular weight excluding hydrogens is 142 g/mol. The molecule has 1 nitrogen and oxygen atoms in total. The maximum Gasteiger partial charge on any atom is 0.0478 e. The lowest BCUT2D eigenvalue weighted by molar-refractivity contribution is 0.979. The van der Waals surface area contributed by atoms with Crippen LogP contribution in [0, 0.1) is 6.92 Å². The summed E-state index contributed by atoms with van der Waals surface area (Å²) < 4.78 is 0. The van der Waals surface area contributed by atoms with E-state index in [0.29, 0.717) is 0 Å². The Labute approximate surface area is 66.1 Å². The second-order valence-corrected chi connectivity index (χ2v) is 3.44. The van der Waals surface area contributed by atoms with Crippen LogP contribution in [0.5, 0.6) is 0 Å². The van der Waals surface area contributed by atoms with Crippen LogP contribution in [0.2, 0.25) is 0 Å². The van der Waals surface area contributed by atoms with Crippen molar-refractivity contribution in [1.82, 2.24) is 0 Å². The zero-order valence-corrected chi connectivity index (χ0v) is 7.29. The number of nitrogens with one attached hydrogen (secondary N) is 1. The molecule has 0 unspecified atom stereocenters. The van der Waals surface area contributed by atoms with Crippen molar-refractivity contribution in [2.45, 2.75) is 20.3 Å². The van der Waals surface area contributed by atoms with Gasteiger partial charge in [0.1, 0.15) is 0 Å². The zero-order valence-electron chi connectivity index (χ0n) is 6.48. The molecule has 1 aromatic heterocycles. The van der Waals surface area contributed by atoms with Crippen LogP contribution in [0.15, 0.2) is 11.4 Å². The van der Waals surface area contributed by atoms with Crippen molar-refractivity contribution in [1.29, 1.82) is 0 Å². The molecule has 10 heavy (non-hydrogen) atoms. The summed E-state index contributed by atoms with van der Waals surface area (Å²) in [4.78, 5) is 1.38. The molecule has 1 rings (SSSR count). The van der Waals surface area contributed by atoms with Gasteiger partial charge >= 0.3 is 0 Å². The molecule has 0 bridgehead atoms. The summed E-state index contributed by atoms with van der Waals surface area (Å²) in [6.07, 6.45) is 1.19. The van der Waals surface area contributed by atoms with E-state index in [2.05, 4.69) is 30.6 Å². The largest absolute Gasteiger partial charge is 0.384 e. The molecule has 0 aromatic carbocycles. The molecule has 0 aliphatic heterocycles. The topological polar surface area (TPSA) is 12.0 Å². The third kappa shape index (κ3) is 1.74. The monoisotopic (exact) mass is 155 g/mol. The first kappa shape index (κ1) is 7.61. The molecule has 0 spiro atoms. The number of hydrogen-bond acceptors (Lipinski definition) is 2. The van der Waals surface area contributed by atoms with E-state index in [9.17, 15) is 0 Å². The highest BCUT2D eigenvalue weighted by Crippen LogP contribution is 2.19. The lowest BCUT2D eigenvalue weighted by Gasteiger charge is -2.01. The third-order valence-electron chi connectivity index (χ3n) is 1.42. The first-order chi connectivity index (χ1) is 4.84. The predicted octanol–water partition coefficient (Wildman–Crippen LogP) is 2.88. The Balaban J connectivity index is 2.49. The minimum absolute atomic E-state index is 1.08. The first-order valence-electron chi connectivity index (χ1n) is 3.62. The van der Waals surface area contributed by atoms with Gasteiger partial charge in [0, 0.05) is 17.1 Å². The molecule has 0 radical (unpaired) electrons. The average molecular weight is 155 g/mol. The summed E-state index contributed by atoms with van der Waals surface area (Å²) in [5.41, 5.74) is 1.30. The van der Waals surface area contributed by atoms with Crippen molar-refractivity contribution in [3.8, 4) is 0 Å². The zero-order chi connectivity index (χ0) is 7.40. The fourth-order valence-electron chi connectivity index (χ4n) is 0.828. The highest BCUT2D eigenvalue weighted by molar-refractivity contribution is 7.10. The standard InChI is InChI=1S/C8H13NS/c1-3-5-9-8-4-6-10-7(8)2/h4,6,9H,3,5H2,1-2H3. The molecule has 0 saturated heterocycles. The fraction of sp³-hybridized carbons (Fsp3) is 0.500. The van der Waals surface area contributed by atoms with Gasteiger partial charge in [-0.2, -0.15) is 0 Å². The Morgan fingerprint density at radius 2 is 2.40 bits per heavy atom. The van der Waals surface area contributed by atoms with E-state index in [1.165, 1.54) is 17.0 Å². The molecule has 1 aromatic rings. The predicted molar refractivity (Wildman–Crippen MR) is 47.8 cm³/mol. The van der Waals surface area contributed by atoms with Gasteiger partial charge in [0.05, 0.1) is 0 Å². The molecule has 0 aliphatic rings. The molecule has 1 N–H and O–H groups in total. The highest BCUT2D eigenvalue weighted by atomic mass is 32.1. The number of aryl methyl sites for hydroxylation is 1. The lowest BCUT2D eigenvalue weighted by atomic mass is 10.4. The minimum Gasteiger partial charge on any atom is -0.384 e. The second-order valence-electron chi connectivity index (χ2n) is 2.32. The van der Waals surface area contributed by atoms with Gasteiger partial charge in [0.25, 0.3) is 0 Å². The van der Waals surface area contributed by atoms with Gasteiger partial charge in [0.2, 0.25) is 0 Å². The van der Waals surface area contributed by atoms with Gasteiger partial charge < -0.3 is 5.32 Å².